The second-order valence-electron chi connectivity index (χ2n) is 9.82. The van der Waals surface area contributed by atoms with Crippen molar-refractivity contribution in [2.24, 2.45) is 0 Å². The average molecular weight is 547 g/mol. The molecule has 0 fully saturated rings. The summed E-state index contributed by atoms with van der Waals surface area (Å²) in [6, 6.07) is 29.4. The first-order chi connectivity index (χ1) is 18.5. The Morgan fingerprint density at radius 1 is 0.718 bits per heavy atom. The van der Waals surface area contributed by atoms with Crippen LogP contribution >= 0.6 is 0 Å². The first-order valence-corrected chi connectivity index (χ1v) is 13.8. The number of rotatable bonds is 6. The molecule has 8 nitrogen and oxygen atoms in total. The second-order valence-corrected chi connectivity index (χ2v) is 11.6. The summed E-state index contributed by atoms with van der Waals surface area (Å²) in [5.41, 5.74) is 0.240. The first-order valence-electron chi connectivity index (χ1n) is 12.3. The van der Waals surface area contributed by atoms with Gasteiger partial charge in [0.15, 0.2) is 0 Å². The SMILES string of the molecule is CC(C)(C)OC(=O)N(N(Cc1ccccc1)C(=O)OCc1ccccc1)S(=O)(=O)c1ccc2ccccc2c1. The lowest BCUT2D eigenvalue weighted by molar-refractivity contribution is -0.0146. The minimum absolute atomic E-state index is 0.122. The Hall–Kier alpha value is -4.37. The van der Waals surface area contributed by atoms with Crippen LogP contribution in [0.25, 0.3) is 10.8 Å². The van der Waals surface area contributed by atoms with Crippen LogP contribution < -0.4 is 0 Å². The molecule has 2 amide bonds. The number of hydrogen-bond acceptors (Lipinski definition) is 6. The van der Waals surface area contributed by atoms with Crippen molar-refractivity contribution in [1.29, 1.82) is 0 Å². The van der Waals surface area contributed by atoms with Gasteiger partial charge in [0.2, 0.25) is 0 Å². The number of ether oxygens (including phenoxy) is 2. The van der Waals surface area contributed by atoms with Crippen molar-refractivity contribution in [2.75, 3.05) is 0 Å². The molecule has 4 rings (SSSR count). The molecule has 0 N–H and O–H groups in total. The summed E-state index contributed by atoms with van der Waals surface area (Å²) in [5, 5.41) is 2.24. The molecule has 4 aromatic rings. The van der Waals surface area contributed by atoms with Gasteiger partial charge in [-0.3, -0.25) is 0 Å². The van der Waals surface area contributed by atoms with Crippen LogP contribution in [-0.2, 0) is 32.6 Å². The van der Waals surface area contributed by atoms with E-state index in [2.05, 4.69) is 0 Å². The molecule has 39 heavy (non-hydrogen) atoms. The molecule has 9 heteroatoms. The van der Waals surface area contributed by atoms with Gasteiger partial charge in [-0.1, -0.05) is 95.4 Å². The van der Waals surface area contributed by atoms with Crippen molar-refractivity contribution < 1.29 is 27.5 Å². The highest BCUT2D eigenvalue weighted by atomic mass is 32.2. The fourth-order valence-corrected chi connectivity index (χ4v) is 5.14. The maximum Gasteiger partial charge on any atom is 0.444 e. The van der Waals surface area contributed by atoms with E-state index in [1.165, 1.54) is 12.1 Å². The third kappa shape index (κ3) is 6.94. The van der Waals surface area contributed by atoms with Crippen LogP contribution in [0, 0.1) is 0 Å². The lowest BCUT2D eigenvalue weighted by Crippen LogP contribution is -2.53. The van der Waals surface area contributed by atoms with E-state index in [0.717, 1.165) is 10.4 Å². The number of sulfonamides is 1. The highest BCUT2D eigenvalue weighted by Crippen LogP contribution is 2.27. The molecular weight excluding hydrogens is 516 g/mol. The largest absolute Gasteiger partial charge is 0.444 e. The highest BCUT2D eigenvalue weighted by Gasteiger charge is 2.41. The number of carbonyl (C=O) groups is 2. The zero-order valence-corrected chi connectivity index (χ0v) is 22.8. The standard InChI is InChI=1S/C30H30N2O6S/c1-30(2,3)38-29(34)32(39(35,36)27-19-18-25-16-10-11-17-26(25)20-27)31(21-23-12-6-4-7-13-23)28(33)37-22-24-14-8-5-9-15-24/h4-20H,21-22H2,1-3H3. The normalized spacial score (nSPS) is 11.6. The van der Waals surface area contributed by atoms with E-state index in [9.17, 15) is 18.0 Å². The Labute approximate surface area is 228 Å². The summed E-state index contributed by atoms with van der Waals surface area (Å²) in [4.78, 5) is 26.9. The quantitative estimate of drug-likeness (QED) is 0.256. The molecule has 0 saturated heterocycles. The summed E-state index contributed by atoms with van der Waals surface area (Å²) in [5.74, 6) is 0. The number of benzene rings is 4. The van der Waals surface area contributed by atoms with Gasteiger partial charge in [0.25, 0.3) is 10.0 Å². The predicted octanol–water partition coefficient (Wildman–Crippen LogP) is 6.52. The Bertz CT molecular complexity index is 1550. The third-order valence-electron chi connectivity index (χ3n) is 5.61. The van der Waals surface area contributed by atoms with Crippen molar-refractivity contribution in [1.82, 2.24) is 9.42 Å². The van der Waals surface area contributed by atoms with Crippen molar-refractivity contribution >= 4 is 33.0 Å². The van der Waals surface area contributed by atoms with Gasteiger partial charge in [0.05, 0.1) is 11.4 Å². The predicted molar refractivity (Wildman–Crippen MR) is 148 cm³/mol. The van der Waals surface area contributed by atoms with Crippen molar-refractivity contribution in [2.45, 2.75) is 44.4 Å². The Kier molecular flexibility index (Phi) is 8.21. The van der Waals surface area contributed by atoms with E-state index in [1.807, 2.05) is 18.2 Å². The third-order valence-corrected chi connectivity index (χ3v) is 7.26. The van der Waals surface area contributed by atoms with Crippen LogP contribution in [0.1, 0.15) is 31.9 Å². The Morgan fingerprint density at radius 2 is 1.28 bits per heavy atom. The van der Waals surface area contributed by atoms with Gasteiger partial charge < -0.3 is 9.47 Å². The lowest BCUT2D eigenvalue weighted by atomic mass is 10.1. The van der Waals surface area contributed by atoms with Crippen molar-refractivity contribution in [3.8, 4) is 0 Å². The molecule has 0 aliphatic rings. The molecule has 0 unspecified atom stereocenters. The number of carbonyl (C=O) groups excluding carboxylic acids is 2. The van der Waals surface area contributed by atoms with Crippen molar-refractivity contribution in [3.05, 3.63) is 114 Å². The van der Waals surface area contributed by atoms with Gasteiger partial charge in [-0.2, -0.15) is 13.4 Å². The van der Waals surface area contributed by atoms with Crippen LogP contribution in [0.3, 0.4) is 0 Å². The van der Waals surface area contributed by atoms with Crippen LogP contribution in [0.4, 0.5) is 9.59 Å². The number of hydrogen-bond donors (Lipinski definition) is 0. The number of amides is 2. The van der Waals surface area contributed by atoms with Crippen LogP contribution in [0.5, 0.6) is 0 Å². The van der Waals surface area contributed by atoms with E-state index in [1.54, 1.807) is 93.6 Å². The molecule has 0 heterocycles. The molecule has 0 aliphatic carbocycles. The zero-order chi connectivity index (χ0) is 28.0. The second kappa shape index (κ2) is 11.6. The fraction of sp³-hybridized carbons (Fsp3) is 0.200. The monoisotopic (exact) mass is 546 g/mol. The Morgan fingerprint density at radius 3 is 1.90 bits per heavy atom. The molecular formula is C30H30N2O6S. The molecule has 0 saturated carbocycles. The zero-order valence-electron chi connectivity index (χ0n) is 22.0. The minimum Gasteiger partial charge on any atom is -0.443 e. The Balaban J connectivity index is 1.79. The number of fused-ring (bicyclic) bond motifs is 1. The van der Waals surface area contributed by atoms with E-state index in [0.29, 0.717) is 20.9 Å². The van der Waals surface area contributed by atoms with Gasteiger partial charge in [-0.15, -0.1) is 0 Å². The van der Waals surface area contributed by atoms with Gasteiger partial charge in [-0.25, -0.2) is 9.59 Å². The summed E-state index contributed by atoms with van der Waals surface area (Å²) < 4.78 is 39.5. The smallest absolute Gasteiger partial charge is 0.443 e. The van der Waals surface area contributed by atoms with Gasteiger partial charge >= 0.3 is 12.2 Å². The molecule has 4 aromatic carbocycles. The average Bonchev–Trinajstić information content (AvgIpc) is 2.91. The van der Waals surface area contributed by atoms with E-state index in [-0.39, 0.29) is 18.0 Å². The molecule has 0 radical (unpaired) electrons. The number of hydrazine groups is 1. The van der Waals surface area contributed by atoms with Gasteiger partial charge in [0.1, 0.15) is 12.2 Å². The fourth-order valence-electron chi connectivity index (χ4n) is 3.81. The first kappa shape index (κ1) is 27.7. The lowest BCUT2D eigenvalue weighted by Gasteiger charge is -2.34. The van der Waals surface area contributed by atoms with Gasteiger partial charge in [-0.05, 0) is 54.8 Å². The van der Waals surface area contributed by atoms with Gasteiger partial charge in [0, 0.05) is 0 Å². The summed E-state index contributed by atoms with van der Waals surface area (Å²) in [7, 11) is -4.63. The summed E-state index contributed by atoms with van der Waals surface area (Å²) >= 11 is 0. The van der Waals surface area contributed by atoms with E-state index >= 15 is 0 Å². The molecule has 0 bridgehead atoms. The highest BCUT2D eigenvalue weighted by molar-refractivity contribution is 7.89. The summed E-state index contributed by atoms with van der Waals surface area (Å²) in [6.45, 7) is 4.45. The summed E-state index contributed by atoms with van der Waals surface area (Å²) in [6.07, 6.45) is -2.26. The molecule has 0 atom stereocenters. The topological polar surface area (TPSA) is 93.2 Å². The van der Waals surface area contributed by atoms with Crippen LogP contribution in [0.15, 0.2) is 108 Å². The molecule has 0 spiro atoms. The molecule has 0 aromatic heterocycles. The van der Waals surface area contributed by atoms with Crippen LogP contribution in [0.2, 0.25) is 0 Å². The maximum atomic E-state index is 14.1. The molecule has 202 valence electrons. The minimum atomic E-state index is -4.63. The van der Waals surface area contributed by atoms with Crippen molar-refractivity contribution in [3.63, 3.8) is 0 Å². The molecule has 0 aliphatic heterocycles. The number of nitrogens with zero attached hydrogens (tertiary/aromatic N) is 2. The van der Waals surface area contributed by atoms with Crippen LogP contribution in [-0.4, -0.2) is 35.6 Å². The van der Waals surface area contributed by atoms with E-state index < -0.39 is 27.8 Å². The maximum absolute atomic E-state index is 14.1. The van der Waals surface area contributed by atoms with E-state index in [4.69, 9.17) is 9.47 Å².